The molecule has 11 heteroatoms. The van der Waals surface area contributed by atoms with Gasteiger partial charge >= 0.3 is 17.2 Å². The number of nitro groups is 2. The molecule has 0 radical (unpaired) electrons. The first-order valence-corrected chi connectivity index (χ1v) is 6.40. The van der Waals surface area contributed by atoms with Crippen molar-refractivity contribution in [3.05, 3.63) is 49.0 Å². The van der Waals surface area contributed by atoms with E-state index < -0.39 is 27.0 Å². The Morgan fingerprint density at radius 1 is 1.14 bits per heavy atom. The maximum Gasteiger partial charge on any atom is 0.356 e. The Kier molecular flexibility index (Phi) is 4.37. The Morgan fingerprint density at radius 3 is 2.05 bits per heavy atom. The van der Waals surface area contributed by atoms with Crippen LogP contribution in [0.3, 0.4) is 0 Å². The molecule has 1 saturated heterocycles. The molecule has 1 fully saturated rings. The summed E-state index contributed by atoms with van der Waals surface area (Å²) in [5.41, 5.74) is -1.86. The van der Waals surface area contributed by atoms with Gasteiger partial charge in [-0.3, -0.25) is 25.4 Å². The molecule has 0 N–H and O–H groups in total. The average molecular weight is 315 g/mol. The third-order valence-electron chi connectivity index (χ3n) is 2.95. The van der Waals surface area contributed by atoms with Gasteiger partial charge in [-0.1, -0.05) is 6.92 Å². The lowest BCUT2D eigenvalue weighted by Gasteiger charge is -2.22. The summed E-state index contributed by atoms with van der Waals surface area (Å²) in [5.74, 6) is -2.21. The van der Waals surface area contributed by atoms with E-state index in [0.717, 1.165) is 12.2 Å². The third-order valence-corrected chi connectivity index (χ3v) is 2.95. The minimum absolute atomic E-state index is 0.00168. The molecule has 1 spiro atoms. The summed E-state index contributed by atoms with van der Waals surface area (Å²) in [6.07, 6.45) is 2.22. The zero-order valence-electron chi connectivity index (χ0n) is 11.6. The van der Waals surface area contributed by atoms with Gasteiger partial charge in [-0.05, 0) is 6.42 Å². The van der Waals surface area contributed by atoms with Crippen molar-refractivity contribution in [1.29, 1.82) is 0 Å². The topological polar surface area (TPSA) is 140 Å². The standard InChI is InChI=1S/C11H13N3O8/c1-2-3-22-14(19)8-6-9(12(15)16)11(20-4-5-21-11)10(7-8)13(17)18/h6-7H,2-5H2,1H3. The zero-order chi connectivity index (χ0) is 16.3. The van der Waals surface area contributed by atoms with Crippen molar-refractivity contribution in [2.45, 2.75) is 19.1 Å². The lowest BCUT2D eigenvalue weighted by Crippen LogP contribution is -2.44. The lowest BCUT2D eigenvalue weighted by molar-refractivity contribution is -0.741. The van der Waals surface area contributed by atoms with Gasteiger partial charge in [0.05, 0.1) is 41.8 Å². The summed E-state index contributed by atoms with van der Waals surface area (Å²) >= 11 is 0. The molecule has 0 aromatic carbocycles. The highest BCUT2D eigenvalue weighted by Gasteiger charge is 2.61. The Morgan fingerprint density at radius 2 is 1.64 bits per heavy atom. The van der Waals surface area contributed by atoms with Crippen LogP contribution in [-0.2, 0) is 14.3 Å². The molecule has 2 aliphatic rings. The molecule has 0 bridgehead atoms. The van der Waals surface area contributed by atoms with E-state index in [0.29, 0.717) is 6.42 Å². The number of hydrogen-bond acceptors (Lipinski definition) is 8. The predicted molar refractivity (Wildman–Crippen MR) is 69.7 cm³/mol. The van der Waals surface area contributed by atoms with E-state index in [2.05, 4.69) is 0 Å². The van der Waals surface area contributed by atoms with Gasteiger partial charge in [-0.25, -0.2) is 0 Å². The van der Waals surface area contributed by atoms with Gasteiger partial charge in [0.1, 0.15) is 0 Å². The molecule has 0 aromatic rings. The summed E-state index contributed by atoms with van der Waals surface area (Å²) in [4.78, 5) is 25.4. The number of allylic oxidation sites excluding steroid dienone is 2. The second-order valence-electron chi connectivity index (χ2n) is 4.40. The highest BCUT2D eigenvalue weighted by Crippen LogP contribution is 2.38. The quantitative estimate of drug-likeness (QED) is 0.402. The molecule has 22 heavy (non-hydrogen) atoms. The molecule has 0 unspecified atom stereocenters. The van der Waals surface area contributed by atoms with Crippen LogP contribution in [0.25, 0.3) is 0 Å². The highest BCUT2D eigenvalue weighted by atomic mass is 16.9. The van der Waals surface area contributed by atoms with E-state index in [1.54, 1.807) is 6.92 Å². The Bertz CT molecular complexity index is 552. The zero-order valence-corrected chi connectivity index (χ0v) is 11.6. The molecular formula is C11H13N3O8. The molecule has 120 valence electrons. The van der Waals surface area contributed by atoms with Gasteiger partial charge < -0.3 is 14.3 Å². The van der Waals surface area contributed by atoms with Crippen LogP contribution < -0.4 is 0 Å². The van der Waals surface area contributed by atoms with Crippen LogP contribution in [0.15, 0.2) is 23.5 Å². The molecule has 1 heterocycles. The first-order chi connectivity index (χ1) is 10.4. The van der Waals surface area contributed by atoms with E-state index in [1.165, 1.54) is 0 Å². The fourth-order valence-electron chi connectivity index (χ4n) is 2.05. The maximum atomic E-state index is 11.7. The van der Waals surface area contributed by atoms with Crippen molar-refractivity contribution < 1.29 is 29.1 Å². The highest BCUT2D eigenvalue weighted by molar-refractivity contribution is 6.02. The summed E-state index contributed by atoms with van der Waals surface area (Å²) in [7, 11) is 0. The molecule has 0 aromatic heterocycles. The fourth-order valence-corrected chi connectivity index (χ4v) is 2.05. The molecule has 0 saturated carbocycles. The molecule has 11 nitrogen and oxygen atoms in total. The first-order valence-electron chi connectivity index (χ1n) is 6.40. The average Bonchev–Trinajstić information content (AvgIpc) is 2.93. The van der Waals surface area contributed by atoms with Gasteiger partial charge in [0.15, 0.2) is 0 Å². The van der Waals surface area contributed by atoms with E-state index in [4.69, 9.17) is 14.3 Å². The minimum atomic E-state index is -2.21. The Balaban J connectivity index is 2.54. The lowest BCUT2D eigenvalue weighted by atomic mass is 10.0. The molecule has 0 amide bonds. The smallest absolute Gasteiger partial charge is 0.356 e. The summed E-state index contributed by atoms with van der Waals surface area (Å²) in [6, 6.07) is 0. The van der Waals surface area contributed by atoms with Crippen LogP contribution in [0.1, 0.15) is 13.3 Å². The van der Waals surface area contributed by atoms with E-state index >= 15 is 0 Å². The molecule has 1 aliphatic carbocycles. The molecule has 0 atom stereocenters. The fraction of sp³-hybridized carbons (Fsp3) is 0.545. The van der Waals surface area contributed by atoms with Crippen LogP contribution in [0.2, 0.25) is 0 Å². The van der Waals surface area contributed by atoms with Gasteiger partial charge in [-0.15, -0.1) is 0 Å². The Hall–Kier alpha value is -2.53. The van der Waals surface area contributed by atoms with Crippen molar-refractivity contribution in [2.75, 3.05) is 19.8 Å². The van der Waals surface area contributed by atoms with Gasteiger partial charge in [-0.2, -0.15) is 0 Å². The monoisotopic (exact) mass is 315 g/mol. The van der Waals surface area contributed by atoms with Gasteiger partial charge in [0, 0.05) is 4.90 Å². The number of ether oxygens (including phenoxy) is 2. The van der Waals surface area contributed by atoms with Crippen molar-refractivity contribution in [3.63, 3.8) is 0 Å². The van der Waals surface area contributed by atoms with Crippen molar-refractivity contribution in [2.24, 2.45) is 0 Å². The van der Waals surface area contributed by atoms with Crippen LogP contribution in [0.5, 0.6) is 0 Å². The third kappa shape index (κ3) is 2.63. The van der Waals surface area contributed by atoms with Crippen molar-refractivity contribution in [1.82, 2.24) is 0 Å². The van der Waals surface area contributed by atoms with Gasteiger partial charge in [0.25, 0.3) is 5.71 Å². The van der Waals surface area contributed by atoms with Crippen LogP contribution in [-0.4, -0.2) is 46.1 Å². The summed E-state index contributed by atoms with van der Waals surface area (Å²) in [6.45, 7) is 1.73. The van der Waals surface area contributed by atoms with Crippen LogP contribution >= 0.6 is 0 Å². The number of nitrogens with zero attached hydrogens (tertiary/aromatic N) is 3. The van der Waals surface area contributed by atoms with Gasteiger partial charge in [0.2, 0.25) is 0 Å². The number of rotatable bonds is 5. The van der Waals surface area contributed by atoms with Crippen molar-refractivity contribution >= 4 is 5.71 Å². The first kappa shape index (κ1) is 15.9. The number of hydrogen-bond donors (Lipinski definition) is 0. The van der Waals surface area contributed by atoms with Crippen LogP contribution in [0.4, 0.5) is 0 Å². The maximum absolute atomic E-state index is 11.7. The second kappa shape index (κ2) is 6.07. The van der Waals surface area contributed by atoms with Crippen molar-refractivity contribution in [3.8, 4) is 0 Å². The minimum Gasteiger partial charge on any atom is -0.403 e. The van der Waals surface area contributed by atoms with E-state index in [9.17, 15) is 25.4 Å². The normalized spacial score (nSPS) is 19.6. The largest absolute Gasteiger partial charge is 0.403 e. The Labute approximate surface area is 123 Å². The van der Waals surface area contributed by atoms with E-state index in [-0.39, 0.29) is 30.4 Å². The molecular weight excluding hydrogens is 302 g/mol. The molecule has 1 aliphatic heterocycles. The summed E-state index contributed by atoms with van der Waals surface area (Å²) in [5, 5.41) is 34.2. The van der Waals surface area contributed by atoms with E-state index in [1.807, 2.05) is 0 Å². The SMILES string of the molecule is CCCO[N+]([O-])=C1C=C([N+](=O)[O-])C2(OCCO2)C([N+](=O)[O-])=C1. The molecule has 2 rings (SSSR count). The van der Waals surface area contributed by atoms with Crippen LogP contribution in [0, 0.1) is 25.4 Å². The summed E-state index contributed by atoms with van der Waals surface area (Å²) < 4.78 is 10.2. The second-order valence-corrected chi connectivity index (χ2v) is 4.40. The predicted octanol–water partition coefficient (Wildman–Crippen LogP) is 0.357.